The van der Waals surface area contributed by atoms with Gasteiger partial charge in [-0.15, -0.1) is 0 Å². The molecule has 2 unspecified atom stereocenters. The maximum atomic E-state index is 8.17. The summed E-state index contributed by atoms with van der Waals surface area (Å²) in [4.78, 5) is 0. The number of hydrogen-bond acceptors (Lipinski definition) is 15. The molecule has 15 heteroatoms. The van der Waals surface area contributed by atoms with Gasteiger partial charge in [-0.2, -0.15) is 0 Å². The Labute approximate surface area is 192 Å². The predicted molar refractivity (Wildman–Crippen MR) is 111 cm³/mol. The normalized spacial score (nSPS) is 17.8. The molecule has 0 radical (unpaired) electrons. The van der Waals surface area contributed by atoms with Gasteiger partial charge in [0.1, 0.15) is 36.6 Å². The summed E-state index contributed by atoms with van der Waals surface area (Å²) in [5.41, 5.74) is 0. The van der Waals surface area contributed by atoms with Crippen molar-refractivity contribution in [1.29, 1.82) is 0 Å². The molecule has 2 aliphatic rings. The molecule has 0 saturated carbocycles. The number of aliphatic hydroxyl groups excluding tert-OH is 12. The molecule has 0 spiro atoms. The molecule has 0 bridgehead atoms. The maximum absolute atomic E-state index is 8.17. The van der Waals surface area contributed by atoms with E-state index in [-0.39, 0.29) is 52.9 Å². The Morgan fingerprint density at radius 2 is 0.667 bits per heavy atom. The van der Waals surface area contributed by atoms with Crippen LogP contribution in [0.15, 0.2) is 0 Å². The Morgan fingerprint density at radius 3 is 0.758 bits per heavy atom. The van der Waals surface area contributed by atoms with Gasteiger partial charge in [-0.05, 0) is 0 Å². The highest BCUT2D eigenvalue weighted by Gasteiger charge is 2.26. The van der Waals surface area contributed by atoms with Crippen molar-refractivity contribution in [1.82, 2.24) is 0 Å². The average Bonchev–Trinajstić information content (AvgIpc) is 3.80. The van der Waals surface area contributed by atoms with Crippen LogP contribution in [-0.2, 0) is 14.2 Å². The standard InChI is InChI=1S/C6H10O3.4C3H8O3/c1(5-3-8-5)7-2-6-4-9-6;4*4-1-3(6)2-5/h5-6H,1-4H2;4*3-6H,1-2H2. The third-order valence-electron chi connectivity index (χ3n) is 3.10. The lowest BCUT2D eigenvalue weighted by Gasteiger charge is -1.96. The van der Waals surface area contributed by atoms with Gasteiger partial charge in [0, 0.05) is 0 Å². The Balaban J connectivity index is -0.000000347. The molecular formula is C18H42O15. The first-order valence-electron chi connectivity index (χ1n) is 10.1. The second-order valence-corrected chi connectivity index (χ2v) is 6.52. The maximum Gasteiger partial charge on any atom is 0.104 e. The summed E-state index contributed by atoms with van der Waals surface area (Å²) in [5.74, 6) is 0. The molecule has 204 valence electrons. The van der Waals surface area contributed by atoms with Crippen LogP contribution in [0.25, 0.3) is 0 Å². The largest absolute Gasteiger partial charge is 0.394 e. The van der Waals surface area contributed by atoms with Gasteiger partial charge in [-0.25, -0.2) is 0 Å². The molecule has 2 fully saturated rings. The van der Waals surface area contributed by atoms with Gasteiger partial charge in [0.25, 0.3) is 0 Å². The van der Waals surface area contributed by atoms with Crippen LogP contribution in [0.1, 0.15) is 0 Å². The summed E-state index contributed by atoms with van der Waals surface area (Å²) in [7, 11) is 0. The fourth-order valence-corrected chi connectivity index (χ4v) is 0.890. The van der Waals surface area contributed by atoms with E-state index in [1.165, 1.54) is 0 Å². The van der Waals surface area contributed by atoms with Crippen LogP contribution < -0.4 is 0 Å². The Bertz CT molecular complexity index is 290. The van der Waals surface area contributed by atoms with Gasteiger partial charge >= 0.3 is 0 Å². The fraction of sp³-hybridized carbons (Fsp3) is 1.00. The zero-order valence-electron chi connectivity index (χ0n) is 18.5. The molecule has 0 aromatic heterocycles. The molecule has 0 aromatic carbocycles. The summed E-state index contributed by atoms with van der Waals surface area (Å²) in [6.07, 6.45) is -3.03. The van der Waals surface area contributed by atoms with Gasteiger partial charge in [0.15, 0.2) is 0 Å². The highest BCUT2D eigenvalue weighted by Crippen LogP contribution is 2.12. The third kappa shape index (κ3) is 36.2. The highest BCUT2D eigenvalue weighted by molar-refractivity contribution is 4.71. The van der Waals surface area contributed by atoms with Crippen molar-refractivity contribution in [3.8, 4) is 0 Å². The van der Waals surface area contributed by atoms with E-state index in [1.807, 2.05) is 0 Å². The molecule has 2 rings (SSSR count). The smallest absolute Gasteiger partial charge is 0.104 e. The van der Waals surface area contributed by atoms with Crippen LogP contribution in [-0.4, -0.2) is 177 Å². The Hall–Kier alpha value is -0.600. The molecule has 2 saturated heterocycles. The SMILES string of the molecule is C(OCC1CO1)C1CO1.OCC(O)CO.OCC(O)CO.OCC(O)CO.OCC(O)CO. The van der Waals surface area contributed by atoms with Crippen LogP contribution in [0.4, 0.5) is 0 Å². The number of aliphatic hydroxyl groups is 12. The summed E-state index contributed by atoms with van der Waals surface area (Å²) in [6.45, 7) is 0.344. The quantitative estimate of drug-likeness (QED) is 0.111. The van der Waals surface area contributed by atoms with Crippen molar-refractivity contribution in [2.24, 2.45) is 0 Å². The molecule has 0 aromatic rings. The summed E-state index contributed by atoms with van der Waals surface area (Å²) in [5, 5.41) is 96.1. The van der Waals surface area contributed by atoms with Gasteiger partial charge in [-0.1, -0.05) is 0 Å². The van der Waals surface area contributed by atoms with Crippen LogP contribution in [0.5, 0.6) is 0 Å². The van der Waals surface area contributed by atoms with Crippen LogP contribution in [0.3, 0.4) is 0 Å². The number of epoxide rings is 2. The van der Waals surface area contributed by atoms with Crippen LogP contribution in [0.2, 0.25) is 0 Å². The fourth-order valence-electron chi connectivity index (χ4n) is 0.890. The van der Waals surface area contributed by atoms with Crippen molar-refractivity contribution in [3.63, 3.8) is 0 Å². The van der Waals surface area contributed by atoms with Crippen molar-refractivity contribution >= 4 is 0 Å². The zero-order valence-corrected chi connectivity index (χ0v) is 18.5. The minimum Gasteiger partial charge on any atom is -0.394 e. The zero-order chi connectivity index (χ0) is 26.1. The van der Waals surface area contributed by atoms with Gasteiger partial charge in [-0.3, -0.25) is 0 Å². The Kier molecular flexibility index (Phi) is 31.0. The number of hydrogen-bond donors (Lipinski definition) is 12. The van der Waals surface area contributed by atoms with Crippen molar-refractivity contribution in [2.75, 3.05) is 79.3 Å². The van der Waals surface area contributed by atoms with Crippen molar-refractivity contribution < 1.29 is 75.5 Å². The molecule has 33 heavy (non-hydrogen) atoms. The lowest BCUT2D eigenvalue weighted by atomic mass is 10.4. The lowest BCUT2D eigenvalue weighted by molar-refractivity contribution is 0.0450. The van der Waals surface area contributed by atoms with E-state index >= 15 is 0 Å². The van der Waals surface area contributed by atoms with E-state index in [0.29, 0.717) is 12.2 Å². The van der Waals surface area contributed by atoms with Crippen molar-refractivity contribution in [3.05, 3.63) is 0 Å². The number of ether oxygens (including phenoxy) is 3. The molecule has 2 atom stereocenters. The summed E-state index contributed by atoms with van der Waals surface area (Å²) < 4.78 is 15.1. The average molecular weight is 499 g/mol. The van der Waals surface area contributed by atoms with E-state index < -0.39 is 24.4 Å². The lowest BCUT2D eigenvalue weighted by Crippen LogP contribution is -2.15. The summed E-state index contributed by atoms with van der Waals surface area (Å²) in [6, 6.07) is 0. The predicted octanol–water partition coefficient (Wildman–Crippen LogP) is -6.87. The van der Waals surface area contributed by atoms with Crippen LogP contribution >= 0.6 is 0 Å². The molecule has 12 N–H and O–H groups in total. The molecule has 2 heterocycles. The first-order chi connectivity index (χ1) is 15.7. The minimum absolute atomic E-state index is 0.365. The first kappa shape index (κ1) is 37.0. The third-order valence-corrected chi connectivity index (χ3v) is 3.10. The second-order valence-electron chi connectivity index (χ2n) is 6.52. The van der Waals surface area contributed by atoms with E-state index in [0.717, 1.165) is 26.4 Å². The van der Waals surface area contributed by atoms with Crippen molar-refractivity contribution in [2.45, 2.75) is 36.6 Å². The van der Waals surface area contributed by atoms with Gasteiger partial charge in [0.2, 0.25) is 0 Å². The molecule has 2 aliphatic heterocycles. The molecule has 0 aliphatic carbocycles. The van der Waals surface area contributed by atoms with Gasteiger partial charge < -0.3 is 75.5 Å². The summed E-state index contributed by atoms with van der Waals surface area (Å²) >= 11 is 0. The molecule has 0 amide bonds. The minimum atomic E-state index is -0.954. The van der Waals surface area contributed by atoms with E-state index in [2.05, 4.69) is 0 Å². The van der Waals surface area contributed by atoms with Crippen LogP contribution in [0, 0.1) is 0 Å². The van der Waals surface area contributed by atoms with Gasteiger partial charge in [0.05, 0.1) is 79.3 Å². The van der Waals surface area contributed by atoms with E-state index in [4.69, 9.17) is 75.5 Å². The topological polar surface area (TPSA) is 277 Å². The second kappa shape index (κ2) is 27.6. The van der Waals surface area contributed by atoms with E-state index in [9.17, 15) is 0 Å². The monoisotopic (exact) mass is 498 g/mol. The first-order valence-corrected chi connectivity index (χ1v) is 10.1. The highest BCUT2D eigenvalue weighted by atomic mass is 16.6. The van der Waals surface area contributed by atoms with E-state index in [1.54, 1.807) is 0 Å². The molecule has 15 nitrogen and oxygen atoms in total. The number of rotatable bonds is 12. The Morgan fingerprint density at radius 1 is 0.485 bits per heavy atom. The molecular weight excluding hydrogens is 456 g/mol.